The van der Waals surface area contributed by atoms with Crippen LogP contribution < -0.4 is 10.5 Å². The van der Waals surface area contributed by atoms with E-state index in [2.05, 4.69) is 10.4 Å². The van der Waals surface area contributed by atoms with Crippen LogP contribution in [0.2, 0.25) is 5.02 Å². The second-order valence-corrected chi connectivity index (χ2v) is 8.02. The third kappa shape index (κ3) is 4.62. The van der Waals surface area contributed by atoms with Gasteiger partial charge in [0, 0.05) is 23.5 Å². The summed E-state index contributed by atoms with van der Waals surface area (Å²) in [5.74, 6) is -2.59. The van der Waals surface area contributed by atoms with Crippen molar-refractivity contribution < 1.29 is 22.0 Å². The van der Waals surface area contributed by atoms with Gasteiger partial charge in [0.05, 0.1) is 28.9 Å². The number of anilines is 1. The second-order valence-electron chi connectivity index (χ2n) is 6.09. The van der Waals surface area contributed by atoms with Crippen LogP contribution in [0.4, 0.5) is 14.5 Å². The minimum Gasteiger partial charge on any atom is -0.326 e. The highest BCUT2D eigenvalue weighted by molar-refractivity contribution is 7.89. The van der Waals surface area contributed by atoms with Crippen molar-refractivity contribution >= 4 is 33.2 Å². The average molecular weight is 452 g/mol. The first-order valence-corrected chi connectivity index (χ1v) is 10.1. The van der Waals surface area contributed by atoms with E-state index in [-0.39, 0.29) is 32.4 Å². The molecule has 0 unspecified atom stereocenters. The summed E-state index contributed by atoms with van der Waals surface area (Å²) in [4.78, 5) is 11.9. The maximum absolute atomic E-state index is 13.9. The number of hydrogen-bond acceptors (Lipinski definition) is 5. The molecule has 0 bridgehead atoms. The van der Waals surface area contributed by atoms with E-state index in [9.17, 15) is 22.0 Å². The molecular weight excluding hydrogens is 440 g/mol. The van der Waals surface area contributed by atoms with E-state index in [1.165, 1.54) is 24.5 Å². The fourth-order valence-electron chi connectivity index (χ4n) is 2.63. The average Bonchev–Trinajstić information content (AvgIpc) is 3.13. The second kappa shape index (κ2) is 8.19. The molecule has 1 aromatic heterocycles. The van der Waals surface area contributed by atoms with Gasteiger partial charge in [-0.15, -0.1) is 0 Å². The molecule has 0 aliphatic heterocycles. The molecule has 3 rings (SSSR count). The Hall–Kier alpha value is -3.33. The summed E-state index contributed by atoms with van der Waals surface area (Å²) in [6.45, 7) is 0. The van der Waals surface area contributed by atoms with Gasteiger partial charge < -0.3 is 5.32 Å². The van der Waals surface area contributed by atoms with Gasteiger partial charge in [0.1, 0.15) is 22.6 Å². The van der Waals surface area contributed by atoms with Gasteiger partial charge in [0.25, 0.3) is 0 Å². The summed E-state index contributed by atoms with van der Waals surface area (Å²) >= 11 is 5.78. The van der Waals surface area contributed by atoms with Crippen molar-refractivity contribution in [1.82, 2.24) is 9.78 Å². The number of rotatable bonds is 5. The van der Waals surface area contributed by atoms with E-state index >= 15 is 0 Å². The first-order chi connectivity index (χ1) is 14.1. The SMILES string of the molecule is N#Cc1cnn(-c2ccc(NC(=O)Cc3c(F)cc(F)cc3Cl)cc2S(N)(=O)=O)c1. The quantitative estimate of drug-likeness (QED) is 0.615. The number of benzene rings is 2. The van der Waals surface area contributed by atoms with Gasteiger partial charge in [-0.1, -0.05) is 11.6 Å². The summed E-state index contributed by atoms with van der Waals surface area (Å²) in [6.07, 6.45) is 2.03. The first-order valence-electron chi connectivity index (χ1n) is 8.14. The Bertz CT molecular complexity index is 1280. The van der Waals surface area contributed by atoms with Crippen LogP contribution >= 0.6 is 11.6 Å². The van der Waals surface area contributed by atoms with Crippen molar-refractivity contribution in [2.24, 2.45) is 5.14 Å². The zero-order valence-electron chi connectivity index (χ0n) is 14.9. The van der Waals surface area contributed by atoms with Crippen molar-refractivity contribution in [3.8, 4) is 11.8 Å². The predicted octanol–water partition coefficient (Wildman–Crippen LogP) is 2.50. The lowest BCUT2D eigenvalue weighted by atomic mass is 10.1. The van der Waals surface area contributed by atoms with Gasteiger partial charge in [-0.3, -0.25) is 4.79 Å². The molecule has 3 aromatic rings. The van der Waals surface area contributed by atoms with Crippen molar-refractivity contribution in [3.05, 3.63) is 70.5 Å². The molecule has 0 atom stereocenters. The molecule has 0 saturated heterocycles. The zero-order valence-corrected chi connectivity index (χ0v) is 16.5. The van der Waals surface area contributed by atoms with Crippen LogP contribution in [0.1, 0.15) is 11.1 Å². The number of nitrogens with two attached hydrogens (primary N) is 1. The summed E-state index contributed by atoms with van der Waals surface area (Å²) in [5, 5.41) is 20.2. The Morgan fingerprint density at radius 1 is 1.30 bits per heavy atom. The minimum atomic E-state index is -4.23. The van der Waals surface area contributed by atoms with Crippen LogP contribution in [0.15, 0.2) is 47.6 Å². The number of halogens is 3. The van der Waals surface area contributed by atoms with E-state index in [1.807, 2.05) is 6.07 Å². The standard InChI is InChI=1S/C18H12ClF2N5O3S/c19-14-3-11(20)4-15(21)13(14)6-18(27)25-12-1-2-16(17(5-12)30(23,28)29)26-9-10(7-22)8-24-26/h1-5,8-9H,6H2,(H,25,27)(H2,23,28,29). The van der Waals surface area contributed by atoms with Crippen LogP contribution in [0.5, 0.6) is 0 Å². The highest BCUT2D eigenvalue weighted by Gasteiger charge is 2.19. The van der Waals surface area contributed by atoms with Crippen molar-refractivity contribution in [2.75, 3.05) is 5.32 Å². The number of amides is 1. The molecule has 2 aromatic carbocycles. The number of carbonyl (C=O) groups excluding carboxylic acids is 1. The van der Waals surface area contributed by atoms with Crippen LogP contribution in [-0.4, -0.2) is 24.1 Å². The summed E-state index contributed by atoms with van der Waals surface area (Å²) < 4.78 is 52.2. The van der Waals surface area contributed by atoms with Gasteiger partial charge >= 0.3 is 0 Å². The lowest BCUT2D eigenvalue weighted by Gasteiger charge is -2.12. The molecular formula is C18H12ClF2N5O3S. The summed E-state index contributed by atoms with van der Waals surface area (Å²) in [5.41, 5.74) is 0.106. The van der Waals surface area contributed by atoms with E-state index in [0.29, 0.717) is 6.07 Å². The maximum Gasteiger partial charge on any atom is 0.240 e. The van der Waals surface area contributed by atoms with Crippen molar-refractivity contribution in [2.45, 2.75) is 11.3 Å². The van der Waals surface area contributed by atoms with Gasteiger partial charge in [-0.25, -0.2) is 27.0 Å². The monoisotopic (exact) mass is 451 g/mol. The number of primary sulfonamides is 1. The maximum atomic E-state index is 13.9. The number of nitriles is 1. The number of carbonyl (C=O) groups is 1. The van der Waals surface area contributed by atoms with Gasteiger partial charge in [-0.2, -0.15) is 10.4 Å². The molecule has 0 saturated carbocycles. The largest absolute Gasteiger partial charge is 0.326 e. The third-order valence-electron chi connectivity index (χ3n) is 3.95. The smallest absolute Gasteiger partial charge is 0.240 e. The van der Waals surface area contributed by atoms with E-state index in [4.69, 9.17) is 22.0 Å². The molecule has 0 radical (unpaired) electrons. The highest BCUT2D eigenvalue weighted by atomic mass is 35.5. The summed E-state index contributed by atoms with van der Waals surface area (Å²) in [7, 11) is -4.23. The molecule has 0 aliphatic rings. The number of nitrogens with one attached hydrogen (secondary N) is 1. The van der Waals surface area contributed by atoms with Gasteiger partial charge in [0.15, 0.2) is 0 Å². The molecule has 3 N–H and O–H groups in total. The third-order valence-corrected chi connectivity index (χ3v) is 5.23. The Labute approximate surface area is 174 Å². The molecule has 0 fully saturated rings. The lowest BCUT2D eigenvalue weighted by molar-refractivity contribution is -0.115. The Morgan fingerprint density at radius 2 is 2.03 bits per heavy atom. The van der Waals surface area contributed by atoms with E-state index in [1.54, 1.807) is 0 Å². The fraction of sp³-hybridized carbons (Fsp3) is 0.0556. The predicted molar refractivity (Wildman–Crippen MR) is 103 cm³/mol. The molecule has 12 heteroatoms. The van der Waals surface area contributed by atoms with Gasteiger partial charge in [0.2, 0.25) is 15.9 Å². The minimum absolute atomic E-state index is 0.0547. The Kier molecular flexibility index (Phi) is 5.84. The normalized spacial score (nSPS) is 11.2. The number of nitrogens with zero attached hydrogens (tertiary/aromatic N) is 3. The van der Waals surface area contributed by atoms with Gasteiger partial charge in [-0.05, 0) is 24.3 Å². The first kappa shape index (κ1) is 21.4. The zero-order chi connectivity index (χ0) is 22.1. The van der Waals surface area contributed by atoms with Crippen LogP contribution in [0.25, 0.3) is 5.69 Å². The molecule has 0 spiro atoms. The van der Waals surface area contributed by atoms with E-state index < -0.39 is 34.0 Å². The molecule has 0 aliphatic carbocycles. The molecule has 1 heterocycles. The lowest BCUT2D eigenvalue weighted by Crippen LogP contribution is -2.18. The fourth-order valence-corrected chi connectivity index (χ4v) is 3.63. The molecule has 1 amide bonds. The molecule has 30 heavy (non-hydrogen) atoms. The van der Waals surface area contributed by atoms with Crippen LogP contribution in [-0.2, 0) is 21.2 Å². The topological polar surface area (TPSA) is 131 Å². The molecule has 8 nitrogen and oxygen atoms in total. The summed E-state index contributed by atoms with van der Waals surface area (Å²) in [6, 6.07) is 7.14. The highest BCUT2D eigenvalue weighted by Crippen LogP contribution is 2.25. The molecule has 154 valence electrons. The Morgan fingerprint density at radius 3 is 2.63 bits per heavy atom. The van der Waals surface area contributed by atoms with Crippen LogP contribution in [0, 0.1) is 23.0 Å². The van der Waals surface area contributed by atoms with Crippen LogP contribution in [0.3, 0.4) is 0 Å². The van der Waals surface area contributed by atoms with Crippen molar-refractivity contribution in [1.29, 1.82) is 5.26 Å². The Balaban J connectivity index is 1.90. The number of sulfonamides is 1. The van der Waals surface area contributed by atoms with Crippen molar-refractivity contribution in [3.63, 3.8) is 0 Å². The van der Waals surface area contributed by atoms with E-state index in [0.717, 1.165) is 16.8 Å². The number of aromatic nitrogens is 2. The number of hydrogen-bond donors (Lipinski definition) is 2.